The van der Waals surface area contributed by atoms with Gasteiger partial charge in [0.05, 0.1) is 29.7 Å². The third-order valence-electron chi connectivity index (χ3n) is 6.05. The summed E-state index contributed by atoms with van der Waals surface area (Å²) in [5, 5.41) is 4.49. The van der Waals surface area contributed by atoms with E-state index in [4.69, 9.17) is 4.74 Å². The second kappa shape index (κ2) is 7.82. The smallest absolute Gasteiger partial charge is 0.410 e. The predicted molar refractivity (Wildman–Crippen MR) is 123 cm³/mol. The van der Waals surface area contributed by atoms with Crippen molar-refractivity contribution in [2.45, 2.75) is 45.7 Å². The Morgan fingerprint density at radius 3 is 2.47 bits per heavy atom. The lowest BCUT2D eigenvalue weighted by Gasteiger charge is -2.40. The molecule has 0 bridgehead atoms. The monoisotopic (exact) mass is 430 g/mol. The fourth-order valence-corrected chi connectivity index (χ4v) is 4.25. The first kappa shape index (κ1) is 20.3. The van der Waals surface area contributed by atoms with E-state index in [1.54, 1.807) is 28.9 Å². The average Bonchev–Trinajstić information content (AvgIpc) is 3.50. The van der Waals surface area contributed by atoms with Crippen LogP contribution in [0.3, 0.4) is 0 Å². The number of rotatable bonds is 3. The van der Waals surface area contributed by atoms with Gasteiger partial charge in [-0.2, -0.15) is 5.10 Å². The quantitative estimate of drug-likeness (QED) is 0.589. The Balaban J connectivity index is 1.51. The van der Waals surface area contributed by atoms with E-state index in [1.807, 2.05) is 61.3 Å². The van der Waals surface area contributed by atoms with Crippen LogP contribution < -0.4 is 14.5 Å². The number of amides is 2. The lowest BCUT2D eigenvalue weighted by Crippen LogP contribution is -2.52. The van der Waals surface area contributed by atoms with E-state index in [0.717, 1.165) is 29.5 Å². The molecule has 0 unspecified atom stereocenters. The molecular formula is C25H26N4O3. The maximum Gasteiger partial charge on any atom is 0.419 e. The second-order valence-electron chi connectivity index (χ2n) is 8.67. The third kappa shape index (κ3) is 3.75. The Bertz CT molecular complexity index is 1180. The van der Waals surface area contributed by atoms with E-state index in [1.165, 1.54) is 0 Å². The number of hydrogen-bond donors (Lipinski definition) is 0. The van der Waals surface area contributed by atoms with Crippen LogP contribution in [0.4, 0.5) is 16.2 Å². The Hall–Kier alpha value is -3.61. The minimum Gasteiger partial charge on any atom is -0.410 e. The van der Waals surface area contributed by atoms with Crippen molar-refractivity contribution >= 4 is 23.4 Å². The van der Waals surface area contributed by atoms with E-state index in [2.05, 4.69) is 5.10 Å². The maximum atomic E-state index is 13.2. The number of fused-ring (bicyclic) bond motifs is 1. The Kier molecular flexibility index (Phi) is 4.96. The van der Waals surface area contributed by atoms with Crippen LogP contribution in [0.15, 0.2) is 54.9 Å². The molecule has 1 fully saturated rings. The zero-order chi connectivity index (χ0) is 22.4. The van der Waals surface area contributed by atoms with Crippen LogP contribution in [0.5, 0.6) is 5.75 Å². The summed E-state index contributed by atoms with van der Waals surface area (Å²) in [5.41, 5.74) is 4.39. The molecule has 1 aromatic heterocycles. The van der Waals surface area contributed by atoms with Crippen LogP contribution in [0.2, 0.25) is 0 Å². The van der Waals surface area contributed by atoms with Gasteiger partial charge in [0.25, 0.3) is 0 Å². The molecule has 2 aromatic carbocycles. The molecular weight excluding hydrogens is 404 g/mol. The van der Waals surface area contributed by atoms with Crippen molar-refractivity contribution in [1.82, 2.24) is 9.78 Å². The van der Waals surface area contributed by atoms with Gasteiger partial charge in [0.2, 0.25) is 5.91 Å². The van der Waals surface area contributed by atoms with E-state index in [9.17, 15) is 9.59 Å². The molecule has 0 N–H and O–H groups in total. The standard InChI is InChI=1S/C25H26N4O3/c1-16-4-9-22(10-5-16)32-25(31)27-14-17(2)29(18(3)30)23-11-6-19(12-24(23)27)20-13-26-28(15-20)21-7-8-21/h4-6,9-13,15,17,21H,7-8,14H2,1-3H3/t17-/m0/s1. The molecule has 1 aliphatic carbocycles. The van der Waals surface area contributed by atoms with E-state index >= 15 is 0 Å². The van der Waals surface area contributed by atoms with Crippen LogP contribution in [0, 0.1) is 6.92 Å². The number of carbonyl (C=O) groups is 2. The summed E-state index contributed by atoms with van der Waals surface area (Å²) in [4.78, 5) is 28.9. The predicted octanol–water partition coefficient (Wildman–Crippen LogP) is 4.95. The number of benzene rings is 2. The van der Waals surface area contributed by atoms with E-state index < -0.39 is 6.09 Å². The molecule has 32 heavy (non-hydrogen) atoms. The lowest BCUT2D eigenvalue weighted by atomic mass is 10.0. The molecule has 1 atom stereocenters. The number of anilines is 2. The minimum atomic E-state index is -0.462. The van der Waals surface area contributed by atoms with E-state index in [-0.39, 0.29) is 11.9 Å². The molecule has 0 radical (unpaired) electrons. The van der Waals surface area contributed by atoms with Crippen molar-refractivity contribution in [1.29, 1.82) is 0 Å². The molecule has 3 aromatic rings. The van der Waals surface area contributed by atoms with Crippen molar-refractivity contribution in [2.75, 3.05) is 16.3 Å². The highest BCUT2D eigenvalue weighted by atomic mass is 16.6. The number of aromatic nitrogens is 2. The highest BCUT2D eigenvalue weighted by molar-refractivity contribution is 6.03. The van der Waals surface area contributed by atoms with Gasteiger partial charge in [-0.05, 0) is 56.5 Å². The Labute approximate surface area is 187 Å². The summed E-state index contributed by atoms with van der Waals surface area (Å²) in [5.74, 6) is 0.435. The van der Waals surface area contributed by atoms with Crippen LogP contribution in [0.1, 0.15) is 38.3 Å². The SMILES string of the molecule is CC(=O)N1c2ccc(-c3cnn(C4CC4)c3)cc2N(C(=O)Oc2ccc(C)cc2)C[C@@H]1C. The summed E-state index contributed by atoms with van der Waals surface area (Å²) in [6.45, 7) is 5.82. The number of ether oxygens (including phenoxy) is 1. The molecule has 5 rings (SSSR count). The van der Waals surface area contributed by atoms with Crippen LogP contribution in [-0.2, 0) is 4.79 Å². The molecule has 2 heterocycles. The molecule has 164 valence electrons. The van der Waals surface area contributed by atoms with Crippen molar-refractivity contribution in [3.05, 3.63) is 60.4 Å². The fourth-order valence-electron chi connectivity index (χ4n) is 4.25. The number of carbonyl (C=O) groups excluding carboxylic acids is 2. The lowest BCUT2D eigenvalue weighted by molar-refractivity contribution is -0.117. The van der Waals surface area contributed by atoms with Gasteiger partial charge in [0.1, 0.15) is 5.75 Å². The first-order valence-electron chi connectivity index (χ1n) is 10.9. The molecule has 7 heteroatoms. The Morgan fingerprint density at radius 2 is 1.78 bits per heavy atom. The molecule has 2 aliphatic rings. The van der Waals surface area contributed by atoms with Gasteiger partial charge in [-0.1, -0.05) is 23.8 Å². The maximum absolute atomic E-state index is 13.2. The van der Waals surface area contributed by atoms with Gasteiger partial charge in [-0.25, -0.2) is 4.79 Å². The summed E-state index contributed by atoms with van der Waals surface area (Å²) in [6, 6.07) is 13.5. The zero-order valence-electron chi connectivity index (χ0n) is 18.5. The van der Waals surface area contributed by atoms with Gasteiger partial charge in [0, 0.05) is 25.2 Å². The van der Waals surface area contributed by atoms with Crippen molar-refractivity contribution < 1.29 is 14.3 Å². The fraction of sp³-hybridized carbons (Fsp3) is 0.320. The van der Waals surface area contributed by atoms with Crippen LogP contribution in [-0.4, -0.2) is 34.4 Å². The number of hydrogen-bond acceptors (Lipinski definition) is 4. The largest absolute Gasteiger partial charge is 0.419 e. The van der Waals surface area contributed by atoms with E-state index in [0.29, 0.717) is 29.7 Å². The summed E-state index contributed by atoms with van der Waals surface area (Å²) < 4.78 is 7.67. The molecule has 1 saturated carbocycles. The normalized spacial score (nSPS) is 17.8. The molecule has 1 aliphatic heterocycles. The van der Waals surface area contributed by atoms with Gasteiger partial charge < -0.3 is 9.64 Å². The van der Waals surface area contributed by atoms with Crippen LogP contribution in [0.25, 0.3) is 11.1 Å². The number of aryl methyl sites for hydroxylation is 1. The summed E-state index contributed by atoms with van der Waals surface area (Å²) >= 11 is 0. The third-order valence-corrected chi connectivity index (χ3v) is 6.05. The highest BCUT2D eigenvalue weighted by Crippen LogP contribution is 2.40. The molecule has 7 nitrogen and oxygen atoms in total. The molecule has 2 amide bonds. The van der Waals surface area contributed by atoms with Gasteiger partial charge >= 0.3 is 6.09 Å². The number of nitrogens with zero attached hydrogens (tertiary/aromatic N) is 4. The first-order chi connectivity index (χ1) is 15.4. The van der Waals surface area contributed by atoms with Gasteiger partial charge in [-0.3, -0.25) is 14.4 Å². The second-order valence-corrected chi connectivity index (χ2v) is 8.67. The minimum absolute atomic E-state index is 0.0559. The topological polar surface area (TPSA) is 67.7 Å². The zero-order valence-corrected chi connectivity index (χ0v) is 18.5. The van der Waals surface area contributed by atoms with Crippen molar-refractivity contribution in [2.24, 2.45) is 0 Å². The van der Waals surface area contributed by atoms with Crippen molar-refractivity contribution in [3.8, 4) is 16.9 Å². The summed E-state index contributed by atoms with van der Waals surface area (Å²) in [7, 11) is 0. The highest BCUT2D eigenvalue weighted by Gasteiger charge is 2.35. The van der Waals surface area contributed by atoms with Gasteiger partial charge in [0.15, 0.2) is 0 Å². The molecule has 0 saturated heterocycles. The summed E-state index contributed by atoms with van der Waals surface area (Å²) in [6.07, 6.45) is 5.76. The first-order valence-corrected chi connectivity index (χ1v) is 10.9. The Morgan fingerprint density at radius 1 is 1.03 bits per heavy atom. The van der Waals surface area contributed by atoms with Crippen LogP contribution >= 0.6 is 0 Å². The van der Waals surface area contributed by atoms with Crippen molar-refractivity contribution in [3.63, 3.8) is 0 Å². The molecule has 0 spiro atoms. The van der Waals surface area contributed by atoms with Gasteiger partial charge in [-0.15, -0.1) is 0 Å². The average molecular weight is 431 g/mol.